The van der Waals surface area contributed by atoms with Crippen LogP contribution in [0.1, 0.15) is 46.0 Å². The molecule has 0 radical (unpaired) electrons. The molecular weight excluding hydrogens is 400 g/mol. The SMILES string of the molecule is CC1CC1.COc1cccc(C(=O)Oc2cc(C(=O)O)ccc2CBr)c1. The minimum Gasteiger partial charge on any atom is -0.497 e. The number of methoxy groups -OCH3 is 1. The standard InChI is InChI=1S/C16H13BrO5.C4H8/c1-21-13-4-2-3-11(7-13)16(20)22-14-8-10(15(18)19)5-6-12(14)9-17;1-4-2-3-4/h2-8H,9H2,1H3,(H,18,19);4H,2-3H2,1H3. The first-order valence-corrected chi connectivity index (χ1v) is 9.35. The van der Waals surface area contributed by atoms with Gasteiger partial charge >= 0.3 is 11.9 Å². The highest BCUT2D eigenvalue weighted by atomic mass is 79.9. The van der Waals surface area contributed by atoms with Crippen molar-refractivity contribution in [2.24, 2.45) is 5.92 Å². The van der Waals surface area contributed by atoms with Gasteiger partial charge in [0.25, 0.3) is 0 Å². The molecule has 138 valence electrons. The molecule has 1 saturated carbocycles. The maximum absolute atomic E-state index is 12.2. The number of alkyl halides is 1. The van der Waals surface area contributed by atoms with Crippen LogP contribution in [0.2, 0.25) is 0 Å². The lowest BCUT2D eigenvalue weighted by Gasteiger charge is -2.10. The second kappa shape index (κ2) is 9.38. The molecule has 26 heavy (non-hydrogen) atoms. The van der Waals surface area contributed by atoms with Crippen molar-refractivity contribution >= 4 is 27.9 Å². The van der Waals surface area contributed by atoms with E-state index in [1.54, 1.807) is 30.3 Å². The largest absolute Gasteiger partial charge is 0.497 e. The van der Waals surface area contributed by atoms with Crippen molar-refractivity contribution in [3.05, 3.63) is 59.2 Å². The molecule has 0 spiro atoms. The number of carbonyl (C=O) groups is 2. The molecule has 0 aliphatic heterocycles. The first-order chi connectivity index (χ1) is 12.4. The smallest absolute Gasteiger partial charge is 0.343 e. The van der Waals surface area contributed by atoms with E-state index in [9.17, 15) is 9.59 Å². The van der Waals surface area contributed by atoms with E-state index in [2.05, 4.69) is 22.9 Å². The van der Waals surface area contributed by atoms with Crippen molar-refractivity contribution in [1.82, 2.24) is 0 Å². The molecule has 0 heterocycles. The van der Waals surface area contributed by atoms with E-state index < -0.39 is 11.9 Å². The minimum absolute atomic E-state index is 0.0538. The van der Waals surface area contributed by atoms with Crippen molar-refractivity contribution in [2.45, 2.75) is 25.1 Å². The van der Waals surface area contributed by atoms with Crippen LogP contribution in [0.15, 0.2) is 42.5 Å². The van der Waals surface area contributed by atoms with E-state index in [1.807, 2.05) is 0 Å². The van der Waals surface area contributed by atoms with Crippen LogP contribution >= 0.6 is 15.9 Å². The number of aromatic carboxylic acids is 1. The summed E-state index contributed by atoms with van der Waals surface area (Å²) in [6.45, 7) is 2.28. The number of halogens is 1. The zero-order valence-electron chi connectivity index (χ0n) is 14.7. The number of carboxylic acid groups (broad SMARTS) is 1. The summed E-state index contributed by atoms with van der Waals surface area (Å²) in [7, 11) is 1.50. The maximum Gasteiger partial charge on any atom is 0.343 e. The Hall–Kier alpha value is -2.34. The summed E-state index contributed by atoms with van der Waals surface area (Å²) in [6, 6.07) is 10.9. The van der Waals surface area contributed by atoms with Gasteiger partial charge in [0.2, 0.25) is 0 Å². The summed E-state index contributed by atoms with van der Waals surface area (Å²) in [4.78, 5) is 23.2. The van der Waals surface area contributed by atoms with Crippen LogP contribution in [0.4, 0.5) is 0 Å². The summed E-state index contributed by atoms with van der Waals surface area (Å²) >= 11 is 3.28. The molecule has 0 aromatic heterocycles. The van der Waals surface area contributed by atoms with Crippen LogP contribution in [-0.2, 0) is 5.33 Å². The van der Waals surface area contributed by atoms with Gasteiger partial charge in [-0.05, 0) is 36.2 Å². The van der Waals surface area contributed by atoms with Crippen molar-refractivity contribution in [3.63, 3.8) is 0 Å². The molecule has 1 aliphatic rings. The Kier molecular flexibility index (Phi) is 7.21. The number of hydrogen-bond donors (Lipinski definition) is 1. The van der Waals surface area contributed by atoms with Crippen LogP contribution < -0.4 is 9.47 Å². The van der Waals surface area contributed by atoms with Crippen LogP contribution in [0.3, 0.4) is 0 Å². The number of carboxylic acids is 1. The first kappa shape index (κ1) is 20.0. The van der Waals surface area contributed by atoms with Gasteiger partial charge in [0.05, 0.1) is 18.2 Å². The number of carbonyl (C=O) groups excluding carboxylic acids is 1. The molecule has 0 atom stereocenters. The number of rotatable bonds is 5. The highest BCUT2D eigenvalue weighted by Gasteiger charge is 2.15. The minimum atomic E-state index is -1.08. The van der Waals surface area contributed by atoms with Gasteiger partial charge in [0, 0.05) is 10.9 Å². The molecule has 2 aromatic carbocycles. The second-order valence-electron chi connectivity index (χ2n) is 6.07. The molecule has 0 unspecified atom stereocenters. The monoisotopic (exact) mass is 420 g/mol. The van der Waals surface area contributed by atoms with E-state index in [4.69, 9.17) is 14.6 Å². The molecule has 5 nitrogen and oxygen atoms in total. The fraction of sp³-hybridized carbons (Fsp3) is 0.300. The van der Waals surface area contributed by atoms with Gasteiger partial charge in [0.15, 0.2) is 0 Å². The predicted molar refractivity (Wildman–Crippen MR) is 102 cm³/mol. The molecule has 1 fully saturated rings. The number of hydrogen-bond acceptors (Lipinski definition) is 4. The zero-order chi connectivity index (χ0) is 19.1. The Morgan fingerprint density at radius 2 is 1.85 bits per heavy atom. The van der Waals surface area contributed by atoms with E-state index in [1.165, 1.54) is 32.1 Å². The van der Waals surface area contributed by atoms with Gasteiger partial charge in [0.1, 0.15) is 11.5 Å². The third-order valence-corrected chi connectivity index (χ3v) is 4.44. The first-order valence-electron chi connectivity index (χ1n) is 8.23. The summed E-state index contributed by atoms with van der Waals surface area (Å²) < 4.78 is 10.4. The third-order valence-electron chi connectivity index (χ3n) is 3.83. The van der Waals surface area contributed by atoms with Gasteiger partial charge < -0.3 is 14.6 Å². The fourth-order valence-corrected chi connectivity index (χ4v) is 2.43. The van der Waals surface area contributed by atoms with Crippen molar-refractivity contribution < 1.29 is 24.2 Å². The zero-order valence-corrected chi connectivity index (χ0v) is 16.3. The number of ether oxygens (including phenoxy) is 2. The van der Waals surface area contributed by atoms with Gasteiger partial charge in [-0.15, -0.1) is 0 Å². The molecule has 1 aliphatic carbocycles. The van der Waals surface area contributed by atoms with Crippen LogP contribution in [0.5, 0.6) is 11.5 Å². The van der Waals surface area contributed by atoms with Gasteiger partial charge in [-0.25, -0.2) is 9.59 Å². The second-order valence-corrected chi connectivity index (χ2v) is 6.63. The third kappa shape index (κ3) is 5.88. The molecule has 0 saturated heterocycles. The average Bonchev–Trinajstić information content (AvgIpc) is 3.44. The van der Waals surface area contributed by atoms with E-state index in [-0.39, 0.29) is 11.3 Å². The molecule has 0 amide bonds. The molecule has 1 N–H and O–H groups in total. The van der Waals surface area contributed by atoms with Crippen molar-refractivity contribution in [2.75, 3.05) is 7.11 Å². The van der Waals surface area contributed by atoms with Crippen molar-refractivity contribution in [3.8, 4) is 11.5 Å². The molecule has 2 aromatic rings. The predicted octanol–water partition coefficient (Wildman–Crippen LogP) is 4.92. The number of esters is 1. The Labute approximate surface area is 161 Å². The molecule has 6 heteroatoms. The number of benzene rings is 2. The Morgan fingerprint density at radius 1 is 1.15 bits per heavy atom. The molecule has 3 rings (SSSR count). The molecular formula is C20H21BrO5. The summed E-state index contributed by atoms with van der Waals surface area (Å²) in [5, 5.41) is 9.46. The summed E-state index contributed by atoms with van der Waals surface area (Å²) in [6.07, 6.45) is 2.97. The van der Waals surface area contributed by atoms with E-state index >= 15 is 0 Å². The normalized spacial score (nSPS) is 12.6. The fourth-order valence-electron chi connectivity index (χ4n) is 1.97. The lowest BCUT2D eigenvalue weighted by molar-refractivity contribution is 0.0687. The quantitative estimate of drug-likeness (QED) is 0.421. The van der Waals surface area contributed by atoms with Crippen LogP contribution in [-0.4, -0.2) is 24.2 Å². The van der Waals surface area contributed by atoms with Crippen LogP contribution in [0.25, 0.3) is 0 Å². The topological polar surface area (TPSA) is 72.8 Å². The van der Waals surface area contributed by atoms with Gasteiger partial charge in [-0.3, -0.25) is 0 Å². The van der Waals surface area contributed by atoms with E-state index in [0.29, 0.717) is 22.2 Å². The Morgan fingerprint density at radius 3 is 2.38 bits per heavy atom. The van der Waals surface area contributed by atoms with Crippen molar-refractivity contribution in [1.29, 1.82) is 0 Å². The van der Waals surface area contributed by atoms with Gasteiger partial charge in [-0.2, -0.15) is 0 Å². The highest BCUT2D eigenvalue weighted by molar-refractivity contribution is 9.08. The average molecular weight is 421 g/mol. The summed E-state index contributed by atoms with van der Waals surface area (Å²) in [5.41, 5.74) is 1.06. The Bertz CT molecular complexity index is 784. The van der Waals surface area contributed by atoms with Gasteiger partial charge in [-0.1, -0.05) is 47.8 Å². The maximum atomic E-state index is 12.2. The highest BCUT2D eigenvalue weighted by Crippen LogP contribution is 2.27. The van der Waals surface area contributed by atoms with Crippen LogP contribution in [0, 0.1) is 5.92 Å². The Balaban J connectivity index is 0.000000534. The van der Waals surface area contributed by atoms with E-state index in [0.717, 1.165) is 5.92 Å². The lowest BCUT2D eigenvalue weighted by Crippen LogP contribution is -2.10. The lowest BCUT2D eigenvalue weighted by atomic mass is 10.1. The molecule has 0 bridgehead atoms. The summed E-state index contributed by atoms with van der Waals surface area (Å²) in [5.74, 6) is 0.169.